The summed E-state index contributed by atoms with van der Waals surface area (Å²) < 4.78 is 5.85. The zero-order chi connectivity index (χ0) is 38.2. The number of Topliss-reactive ketones (excluding diaryl/α,β-unsaturated/α-hetero) is 1. The predicted octanol–water partition coefficient (Wildman–Crippen LogP) is 4.51. The molecule has 2 aliphatic heterocycles. The van der Waals surface area contributed by atoms with Gasteiger partial charge in [-0.25, -0.2) is 0 Å². The van der Waals surface area contributed by atoms with Crippen LogP contribution in [-0.4, -0.2) is 83.9 Å². The third kappa shape index (κ3) is 8.56. The van der Waals surface area contributed by atoms with Gasteiger partial charge in [0, 0.05) is 31.4 Å². The first kappa shape index (κ1) is 38.8. The number of carbonyl (C=O) groups excluding carboxylic acids is 5. The third-order valence-corrected chi connectivity index (χ3v) is 12.1. The van der Waals surface area contributed by atoms with E-state index < -0.39 is 46.7 Å². The zero-order valence-corrected chi connectivity index (χ0v) is 32.6. The lowest BCUT2D eigenvalue weighted by Crippen LogP contribution is -2.59. The molecule has 12 nitrogen and oxygen atoms in total. The van der Waals surface area contributed by atoms with Crippen molar-refractivity contribution in [1.82, 2.24) is 20.9 Å². The van der Waals surface area contributed by atoms with Gasteiger partial charge in [-0.3, -0.25) is 24.0 Å². The van der Waals surface area contributed by atoms with Crippen molar-refractivity contribution in [3.8, 4) is 5.75 Å². The minimum atomic E-state index is -1.02. The maximum Gasteiger partial charge on any atom is 0.289 e. The first-order valence-electron chi connectivity index (χ1n) is 19.8. The number of ketones is 1. The Morgan fingerprint density at radius 2 is 1.68 bits per heavy atom. The maximum atomic E-state index is 14.8. The average Bonchev–Trinajstić information content (AvgIpc) is 4.05. The highest BCUT2D eigenvalue weighted by atomic mass is 16.7. The number of ether oxygens (including phenoxy) is 1. The van der Waals surface area contributed by atoms with E-state index in [9.17, 15) is 24.0 Å². The summed E-state index contributed by atoms with van der Waals surface area (Å²) in [6.45, 7) is 12.3. The molecule has 5 aliphatic rings. The Morgan fingerprint density at radius 3 is 2.28 bits per heavy atom. The van der Waals surface area contributed by atoms with Crippen LogP contribution < -0.4 is 20.7 Å². The van der Waals surface area contributed by atoms with Crippen LogP contribution in [0.1, 0.15) is 115 Å². The molecule has 1 aromatic carbocycles. The van der Waals surface area contributed by atoms with Crippen LogP contribution in [0.2, 0.25) is 0 Å². The van der Waals surface area contributed by atoms with Gasteiger partial charge < -0.3 is 30.4 Å². The number of hydrogen-bond donors (Lipinski definition) is 3. The van der Waals surface area contributed by atoms with Crippen molar-refractivity contribution in [2.24, 2.45) is 34.2 Å². The molecule has 1 spiro atoms. The van der Waals surface area contributed by atoms with Crippen LogP contribution in [0, 0.1) is 42.9 Å². The average molecular weight is 734 g/mol. The normalized spacial score (nSPS) is 26.7. The molecule has 0 aromatic heterocycles. The summed E-state index contributed by atoms with van der Waals surface area (Å²) in [4.78, 5) is 76.2. The first-order valence-corrected chi connectivity index (χ1v) is 19.8. The fraction of sp³-hybridized carbons (Fsp3) is 0.707. The standard InChI is InChI=1S/C41H59N5O7/c1-8-52-34-23(2)16-27(17-24(34)3)31-20-41(53-45-31)21-32(37(49)43-30(18-25-14-15-25)33(47)38(50)42-7)46(22-41)39(51)35(40(4,5)6)44-36(48)29-19-28(29)26-12-10-9-11-13-26/h16-17,25-26,28-30,32,35H,8-15,18-22H2,1-7H3,(H,42,50)(H,43,49)(H,44,48)/t28-,29?,30-,32-,35+,41+/m0/s1. The molecule has 290 valence electrons. The van der Waals surface area contributed by atoms with E-state index in [1.165, 1.54) is 31.2 Å². The van der Waals surface area contributed by atoms with Crippen molar-refractivity contribution in [2.75, 3.05) is 20.2 Å². The number of rotatable bonds is 13. The lowest BCUT2D eigenvalue weighted by molar-refractivity contribution is -0.145. The smallest absolute Gasteiger partial charge is 0.289 e. The molecule has 0 radical (unpaired) electrons. The minimum absolute atomic E-state index is 0.0686. The Hall–Kier alpha value is -3.96. The molecule has 4 amide bonds. The number of oxime groups is 1. The Morgan fingerprint density at radius 1 is 1.00 bits per heavy atom. The van der Waals surface area contributed by atoms with Crippen molar-refractivity contribution in [3.63, 3.8) is 0 Å². The predicted molar refractivity (Wildman–Crippen MR) is 200 cm³/mol. The van der Waals surface area contributed by atoms with Gasteiger partial charge in [0.15, 0.2) is 5.60 Å². The Kier molecular flexibility index (Phi) is 11.3. The second kappa shape index (κ2) is 15.4. The molecule has 4 fully saturated rings. The highest BCUT2D eigenvalue weighted by Gasteiger charge is 2.56. The number of amides is 4. The summed E-state index contributed by atoms with van der Waals surface area (Å²) in [5.74, 6) is -0.588. The van der Waals surface area contributed by atoms with Crippen LogP contribution >= 0.6 is 0 Å². The zero-order valence-electron chi connectivity index (χ0n) is 32.6. The van der Waals surface area contributed by atoms with E-state index in [2.05, 4.69) is 21.1 Å². The summed E-state index contributed by atoms with van der Waals surface area (Å²) in [6, 6.07) is 1.09. The van der Waals surface area contributed by atoms with Crippen molar-refractivity contribution < 1.29 is 33.5 Å². The number of carbonyl (C=O) groups is 5. The Bertz CT molecular complexity index is 1620. The SMILES string of the molecule is CCOc1c(C)cc(C2=NO[C@]3(C2)C[C@@H](C(=O)N[C@@H](CC2CC2)C(=O)C(=O)NC)N(C(=O)[C@@H](NC(=O)C2C[C@H]2C2CCCCC2)C(C)(C)C)C3)cc1C. The number of nitrogens with zero attached hydrogens (tertiary/aromatic N) is 2. The monoisotopic (exact) mass is 733 g/mol. The Balaban J connectivity index is 1.25. The maximum absolute atomic E-state index is 14.8. The topological polar surface area (TPSA) is 156 Å². The van der Waals surface area contributed by atoms with Crippen molar-refractivity contribution in [3.05, 3.63) is 28.8 Å². The largest absolute Gasteiger partial charge is 0.493 e. The lowest BCUT2D eigenvalue weighted by Gasteiger charge is -2.36. The third-order valence-electron chi connectivity index (χ3n) is 12.1. The molecule has 1 unspecified atom stereocenters. The summed E-state index contributed by atoms with van der Waals surface area (Å²) in [7, 11) is 1.39. The quantitative estimate of drug-likeness (QED) is 0.252. The number of likely N-dealkylation sites (N-methyl/N-ethyl adjacent to an activating group) is 1. The molecule has 1 aromatic rings. The van der Waals surface area contributed by atoms with Gasteiger partial charge in [0.1, 0.15) is 17.8 Å². The van der Waals surface area contributed by atoms with Crippen LogP contribution in [-0.2, 0) is 28.8 Å². The van der Waals surface area contributed by atoms with Crippen molar-refractivity contribution in [1.29, 1.82) is 0 Å². The molecule has 12 heteroatoms. The van der Waals surface area contributed by atoms with Crippen LogP contribution in [0.5, 0.6) is 5.75 Å². The van der Waals surface area contributed by atoms with E-state index >= 15 is 0 Å². The fourth-order valence-electron chi connectivity index (χ4n) is 8.90. The molecule has 2 heterocycles. The van der Waals surface area contributed by atoms with Gasteiger partial charge in [-0.2, -0.15) is 0 Å². The van der Waals surface area contributed by atoms with Gasteiger partial charge in [-0.15, -0.1) is 0 Å². The summed E-state index contributed by atoms with van der Waals surface area (Å²) in [5.41, 5.74) is 1.86. The second-order valence-corrected chi connectivity index (χ2v) is 17.4. The van der Waals surface area contributed by atoms with Gasteiger partial charge in [-0.1, -0.05) is 70.9 Å². The molecular weight excluding hydrogens is 674 g/mol. The molecule has 3 aliphatic carbocycles. The van der Waals surface area contributed by atoms with Crippen LogP contribution in [0.15, 0.2) is 17.3 Å². The lowest BCUT2D eigenvalue weighted by atomic mass is 9.84. The van der Waals surface area contributed by atoms with Crippen molar-refractivity contribution in [2.45, 2.75) is 136 Å². The van der Waals surface area contributed by atoms with Crippen LogP contribution in [0.4, 0.5) is 0 Å². The van der Waals surface area contributed by atoms with Gasteiger partial charge in [0.25, 0.3) is 5.91 Å². The second-order valence-electron chi connectivity index (χ2n) is 17.4. The van der Waals surface area contributed by atoms with Gasteiger partial charge in [0.05, 0.1) is 24.9 Å². The molecule has 0 bridgehead atoms. The van der Waals surface area contributed by atoms with E-state index in [4.69, 9.17) is 9.57 Å². The Labute approximate surface area is 313 Å². The number of likely N-dealkylation sites (tertiary alicyclic amines) is 1. The fourth-order valence-corrected chi connectivity index (χ4v) is 8.90. The summed E-state index contributed by atoms with van der Waals surface area (Å²) in [5, 5.41) is 12.9. The van der Waals surface area contributed by atoms with Crippen LogP contribution in [0.3, 0.4) is 0 Å². The van der Waals surface area contributed by atoms with Crippen LogP contribution in [0.25, 0.3) is 0 Å². The highest BCUT2D eigenvalue weighted by Crippen LogP contribution is 2.50. The summed E-state index contributed by atoms with van der Waals surface area (Å²) >= 11 is 0. The molecule has 3 saturated carbocycles. The molecule has 6 rings (SSSR count). The van der Waals surface area contributed by atoms with E-state index in [0.717, 1.165) is 54.5 Å². The number of nitrogens with one attached hydrogen (secondary N) is 3. The minimum Gasteiger partial charge on any atom is -0.493 e. The summed E-state index contributed by atoms with van der Waals surface area (Å²) in [6.07, 6.45) is 9.54. The molecule has 3 N–H and O–H groups in total. The van der Waals surface area contributed by atoms with E-state index in [0.29, 0.717) is 37.0 Å². The first-order chi connectivity index (χ1) is 25.1. The molecular formula is C41H59N5O7. The van der Waals surface area contributed by atoms with Gasteiger partial charge in [-0.05, 0) is 80.0 Å². The van der Waals surface area contributed by atoms with E-state index in [-0.39, 0.29) is 36.6 Å². The number of aryl methyl sites for hydroxylation is 2. The van der Waals surface area contributed by atoms with Gasteiger partial charge >= 0.3 is 0 Å². The van der Waals surface area contributed by atoms with Gasteiger partial charge in [0.2, 0.25) is 23.5 Å². The van der Waals surface area contributed by atoms with E-state index in [1.54, 1.807) is 0 Å². The van der Waals surface area contributed by atoms with E-state index in [1.807, 2.05) is 53.7 Å². The molecule has 1 saturated heterocycles. The number of benzene rings is 1. The molecule has 53 heavy (non-hydrogen) atoms. The number of hydrogen-bond acceptors (Lipinski definition) is 8. The highest BCUT2D eigenvalue weighted by molar-refractivity contribution is 6.38. The van der Waals surface area contributed by atoms with Crippen molar-refractivity contribution >= 4 is 35.1 Å². The molecule has 6 atom stereocenters.